The minimum Gasteiger partial charge on any atom is -0.381 e. The minimum absolute atomic E-state index is 0.0337. The molecule has 2 aliphatic heterocycles. The van der Waals surface area contributed by atoms with Gasteiger partial charge >= 0.3 is 6.18 Å². The van der Waals surface area contributed by atoms with Crippen LogP contribution in [0.4, 0.5) is 18.3 Å². The summed E-state index contributed by atoms with van der Waals surface area (Å²) in [5.74, 6) is -1.13. The van der Waals surface area contributed by atoms with Gasteiger partial charge in [0.05, 0.1) is 0 Å². The zero-order chi connectivity index (χ0) is 17.6. The molecule has 0 aromatic carbocycles. The number of anilines is 1. The topological polar surface area (TPSA) is 60.2 Å². The molecule has 0 aliphatic carbocycles. The maximum atomic E-state index is 13.5. The highest BCUT2D eigenvalue weighted by atomic mass is 32.1. The average molecular weight is 374 g/mol. The van der Waals surface area contributed by atoms with Crippen molar-refractivity contribution in [3.8, 4) is 0 Å². The first kappa shape index (κ1) is 16.8. The number of thiazole rings is 1. The summed E-state index contributed by atoms with van der Waals surface area (Å²) in [6.45, 7) is 2.28. The molecular weight excluding hydrogens is 357 g/mol. The van der Waals surface area contributed by atoms with Crippen LogP contribution in [0.1, 0.15) is 37.5 Å². The predicted octanol–water partition coefficient (Wildman–Crippen LogP) is 2.82. The molecule has 4 rings (SSSR count). The third kappa shape index (κ3) is 3.01. The third-order valence-corrected chi connectivity index (χ3v) is 5.65. The molecule has 0 atom stereocenters. The Morgan fingerprint density at radius 3 is 2.44 bits per heavy atom. The SMILES string of the molecule is O=c1c2nc(N3CCCC3)sc2nc(C(F)(F)F)n1C1CCOCC1. The van der Waals surface area contributed by atoms with E-state index in [1.807, 2.05) is 4.90 Å². The Kier molecular flexibility index (Phi) is 4.19. The molecule has 0 spiro atoms. The number of fused-ring (bicyclic) bond motifs is 1. The smallest absolute Gasteiger partial charge is 0.381 e. The lowest BCUT2D eigenvalue weighted by molar-refractivity contribution is -0.149. The van der Waals surface area contributed by atoms with Gasteiger partial charge in [-0.1, -0.05) is 11.3 Å². The summed E-state index contributed by atoms with van der Waals surface area (Å²) in [6.07, 6.45) is -1.94. The number of ether oxygens (including phenoxy) is 1. The molecule has 0 saturated carbocycles. The van der Waals surface area contributed by atoms with E-state index in [0.717, 1.165) is 41.8 Å². The molecule has 0 bridgehead atoms. The maximum Gasteiger partial charge on any atom is 0.449 e. The summed E-state index contributed by atoms with van der Waals surface area (Å²) in [5, 5.41) is 0.579. The van der Waals surface area contributed by atoms with Crippen molar-refractivity contribution in [1.29, 1.82) is 0 Å². The van der Waals surface area contributed by atoms with Gasteiger partial charge in [0.25, 0.3) is 5.56 Å². The molecule has 0 unspecified atom stereocenters. The first-order valence-corrected chi connectivity index (χ1v) is 9.10. The third-order valence-electron chi connectivity index (χ3n) is 4.64. The molecule has 0 radical (unpaired) electrons. The Morgan fingerprint density at radius 1 is 1.12 bits per heavy atom. The molecule has 10 heteroatoms. The largest absolute Gasteiger partial charge is 0.449 e. The van der Waals surface area contributed by atoms with E-state index in [1.165, 1.54) is 0 Å². The van der Waals surface area contributed by atoms with Crippen LogP contribution in [0.3, 0.4) is 0 Å². The van der Waals surface area contributed by atoms with Gasteiger partial charge in [-0.05, 0) is 25.7 Å². The number of hydrogen-bond donors (Lipinski definition) is 0. The minimum atomic E-state index is -4.69. The van der Waals surface area contributed by atoms with Crippen molar-refractivity contribution in [2.75, 3.05) is 31.2 Å². The van der Waals surface area contributed by atoms with E-state index in [4.69, 9.17) is 4.74 Å². The fraction of sp³-hybridized carbons (Fsp3) is 0.667. The normalized spacial score (nSPS) is 19.9. The number of nitrogens with zero attached hydrogens (tertiary/aromatic N) is 4. The fourth-order valence-electron chi connectivity index (χ4n) is 3.40. The van der Waals surface area contributed by atoms with Gasteiger partial charge < -0.3 is 9.64 Å². The van der Waals surface area contributed by atoms with Gasteiger partial charge in [-0.25, -0.2) is 9.97 Å². The van der Waals surface area contributed by atoms with Crippen LogP contribution in [0.5, 0.6) is 0 Å². The Morgan fingerprint density at radius 2 is 1.80 bits per heavy atom. The van der Waals surface area contributed by atoms with Crippen molar-refractivity contribution in [2.45, 2.75) is 37.9 Å². The van der Waals surface area contributed by atoms with Crippen LogP contribution >= 0.6 is 11.3 Å². The number of rotatable bonds is 2. The van der Waals surface area contributed by atoms with Crippen molar-refractivity contribution < 1.29 is 17.9 Å². The van der Waals surface area contributed by atoms with E-state index in [0.29, 0.717) is 31.2 Å². The maximum absolute atomic E-state index is 13.5. The highest BCUT2D eigenvalue weighted by Crippen LogP contribution is 2.34. The van der Waals surface area contributed by atoms with Crippen molar-refractivity contribution >= 4 is 26.8 Å². The second kappa shape index (κ2) is 6.24. The van der Waals surface area contributed by atoms with E-state index >= 15 is 0 Å². The van der Waals surface area contributed by atoms with E-state index in [1.54, 1.807) is 0 Å². The highest BCUT2D eigenvalue weighted by molar-refractivity contribution is 7.21. The lowest BCUT2D eigenvalue weighted by Crippen LogP contribution is -2.35. The number of halogens is 3. The zero-order valence-electron chi connectivity index (χ0n) is 13.4. The van der Waals surface area contributed by atoms with E-state index in [9.17, 15) is 18.0 Å². The van der Waals surface area contributed by atoms with Crippen LogP contribution < -0.4 is 10.5 Å². The van der Waals surface area contributed by atoms with Gasteiger partial charge in [0.2, 0.25) is 5.82 Å². The van der Waals surface area contributed by atoms with E-state index in [2.05, 4.69) is 9.97 Å². The summed E-state index contributed by atoms with van der Waals surface area (Å²) in [6, 6.07) is -0.563. The molecule has 0 amide bonds. The number of hydrogen-bond acceptors (Lipinski definition) is 6. The van der Waals surface area contributed by atoms with Gasteiger partial charge in [-0.2, -0.15) is 13.2 Å². The van der Waals surface area contributed by atoms with Gasteiger partial charge in [0.15, 0.2) is 15.5 Å². The highest BCUT2D eigenvalue weighted by Gasteiger charge is 2.40. The van der Waals surface area contributed by atoms with Crippen LogP contribution in [-0.4, -0.2) is 40.8 Å². The van der Waals surface area contributed by atoms with Crippen LogP contribution in [0, 0.1) is 0 Å². The van der Waals surface area contributed by atoms with Gasteiger partial charge in [0, 0.05) is 32.3 Å². The molecule has 2 fully saturated rings. The van der Waals surface area contributed by atoms with Crippen molar-refractivity contribution in [3.63, 3.8) is 0 Å². The molecule has 4 heterocycles. The molecule has 6 nitrogen and oxygen atoms in total. The van der Waals surface area contributed by atoms with Crippen LogP contribution in [-0.2, 0) is 10.9 Å². The second-order valence-electron chi connectivity index (χ2n) is 6.30. The van der Waals surface area contributed by atoms with E-state index < -0.39 is 23.6 Å². The quantitative estimate of drug-likeness (QED) is 0.809. The summed E-state index contributed by atoms with van der Waals surface area (Å²) < 4.78 is 46.6. The molecule has 2 saturated heterocycles. The zero-order valence-corrected chi connectivity index (χ0v) is 14.2. The fourth-order valence-corrected chi connectivity index (χ4v) is 4.39. The molecule has 2 aromatic rings. The predicted molar refractivity (Wildman–Crippen MR) is 87.2 cm³/mol. The summed E-state index contributed by atoms with van der Waals surface area (Å²) >= 11 is 1.06. The molecule has 25 heavy (non-hydrogen) atoms. The number of aromatic nitrogens is 3. The Labute approximate surface area is 145 Å². The lowest BCUT2D eigenvalue weighted by atomic mass is 10.1. The average Bonchev–Trinajstić information content (AvgIpc) is 3.24. The van der Waals surface area contributed by atoms with Crippen LogP contribution in [0.15, 0.2) is 4.79 Å². The van der Waals surface area contributed by atoms with Gasteiger partial charge in [0.1, 0.15) is 0 Å². The van der Waals surface area contributed by atoms with E-state index in [-0.39, 0.29) is 10.3 Å². The molecular formula is C15H17F3N4O2S. The molecule has 2 aromatic heterocycles. The Hall–Kier alpha value is -1.68. The first-order valence-electron chi connectivity index (χ1n) is 8.28. The second-order valence-corrected chi connectivity index (χ2v) is 7.25. The first-order chi connectivity index (χ1) is 11.9. The number of alkyl halides is 3. The van der Waals surface area contributed by atoms with Gasteiger partial charge in [-0.15, -0.1) is 0 Å². The monoisotopic (exact) mass is 374 g/mol. The van der Waals surface area contributed by atoms with Crippen molar-refractivity contribution in [2.24, 2.45) is 0 Å². The molecule has 2 aliphatic rings. The van der Waals surface area contributed by atoms with Gasteiger partial charge in [-0.3, -0.25) is 9.36 Å². The summed E-state index contributed by atoms with van der Waals surface area (Å²) in [5.41, 5.74) is -0.669. The molecule has 0 N–H and O–H groups in total. The Bertz CT molecular complexity index is 836. The molecule has 136 valence electrons. The van der Waals surface area contributed by atoms with Crippen LogP contribution in [0.25, 0.3) is 10.3 Å². The Balaban J connectivity index is 1.88. The van der Waals surface area contributed by atoms with Crippen LogP contribution in [0.2, 0.25) is 0 Å². The summed E-state index contributed by atoms with van der Waals surface area (Å²) in [4.78, 5) is 23.0. The lowest BCUT2D eigenvalue weighted by Gasteiger charge is -2.26. The summed E-state index contributed by atoms with van der Waals surface area (Å²) in [7, 11) is 0. The standard InChI is InChI=1S/C15H17F3N4O2S/c16-15(17,18)13-20-11-10(19-14(25-11)21-5-1-2-6-21)12(23)22(13)9-3-7-24-8-4-9/h9H,1-8H2. The van der Waals surface area contributed by atoms with Crippen molar-refractivity contribution in [1.82, 2.24) is 14.5 Å². The van der Waals surface area contributed by atoms with Crippen molar-refractivity contribution in [3.05, 3.63) is 16.2 Å².